The summed E-state index contributed by atoms with van der Waals surface area (Å²) in [6.45, 7) is 1.32. The Morgan fingerprint density at radius 2 is 1.51 bits per heavy atom. The van der Waals surface area contributed by atoms with Crippen LogP contribution >= 0.6 is 23.2 Å². The Morgan fingerprint density at radius 1 is 0.857 bits per heavy atom. The van der Waals surface area contributed by atoms with Crippen molar-refractivity contribution in [1.82, 2.24) is 4.98 Å². The lowest BCUT2D eigenvalue weighted by molar-refractivity contribution is 0.262. The van der Waals surface area contributed by atoms with Gasteiger partial charge in [0, 0.05) is 53.2 Å². The molecule has 0 aliphatic rings. The molecule has 2 amide bonds. The summed E-state index contributed by atoms with van der Waals surface area (Å²) < 4.78 is 27.6. The van der Waals surface area contributed by atoms with Crippen molar-refractivity contribution < 1.29 is 13.6 Å². The van der Waals surface area contributed by atoms with E-state index in [1.165, 1.54) is 12.1 Å². The summed E-state index contributed by atoms with van der Waals surface area (Å²) in [4.78, 5) is 19.4. The first-order valence-corrected chi connectivity index (χ1v) is 11.9. The van der Waals surface area contributed by atoms with Gasteiger partial charge in [-0.05, 0) is 48.5 Å². The quantitative estimate of drug-likeness (QED) is 0.246. The van der Waals surface area contributed by atoms with Crippen LogP contribution in [0.3, 0.4) is 0 Å². The predicted molar refractivity (Wildman–Crippen MR) is 140 cm³/mol. The van der Waals surface area contributed by atoms with Crippen molar-refractivity contribution in [3.8, 4) is 11.3 Å². The number of alkyl halides is 2. The number of pyridine rings is 1. The van der Waals surface area contributed by atoms with E-state index in [0.717, 1.165) is 11.8 Å². The van der Waals surface area contributed by atoms with Gasteiger partial charge in [-0.25, -0.2) is 18.6 Å². The van der Waals surface area contributed by atoms with Crippen LogP contribution in [0.15, 0.2) is 72.8 Å². The largest absolute Gasteiger partial charge is 0.369 e. The first-order chi connectivity index (χ1) is 17.0. The van der Waals surface area contributed by atoms with E-state index in [0.29, 0.717) is 52.8 Å². The van der Waals surface area contributed by atoms with E-state index in [-0.39, 0.29) is 5.56 Å². The number of benzene rings is 3. The van der Waals surface area contributed by atoms with Crippen molar-refractivity contribution in [3.05, 3.63) is 84.4 Å². The molecule has 1 aromatic heterocycles. The summed E-state index contributed by atoms with van der Waals surface area (Å²) in [6.07, 6.45) is 0. The van der Waals surface area contributed by atoms with Crippen LogP contribution in [0.25, 0.3) is 22.2 Å². The molecule has 1 heterocycles. The van der Waals surface area contributed by atoms with E-state index in [9.17, 15) is 13.6 Å². The molecule has 0 atom stereocenters. The standard InChI is InChI=1S/C26H22Cl2F2N4O/c27-9-11-34(12-10-28)21-7-5-20(6-8-21)31-26(35)33-25-16-24(17-13-18(29)15-19(30)14-17)32-23-4-2-1-3-22(23)25/h1-8,13-16H,9-12H2,(H2,31,32,33,35). The monoisotopic (exact) mass is 514 g/mol. The molecule has 0 aliphatic carbocycles. The van der Waals surface area contributed by atoms with E-state index in [2.05, 4.69) is 20.5 Å². The summed E-state index contributed by atoms with van der Waals surface area (Å²) in [5.41, 5.74) is 3.18. The molecule has 0 radical (unpaired) electrons. The molecule has 180 valence electrons. The number of halogens is 4. The zero-order chi connectivity index (χ0) is 24.8. The highest BCUT2D eigenvalue weighted by molar-refractivity contribution is 6.18. The van der Waals surface area contributed by atoms with Crippen molar-refractivity contribution in [3.63, 3.8) is 0 Å². The minimum absolute atomic E-state index is 0.269. The van der Waals surface area contributed by atoms with Crippen LogP contribution in [0.1, 0.15) is 0 Å². The predicted octanol–water partition coefficient (Wildman–Crippen LogP) is 7.11. The van der Waals surface area contributed by atoms with Gasteiger partial charge in [0.25, 0.3) is 0 Å². The number of fused-ring (bicyclic) bond motifs is 1. The van der Waals surface area contributed by atoms with Crippen LogP contribution in [-0.4, -0.2) is 35.9 Å². The fourth-order valence-corrected chi connectivity index (χ4v) is 4.15. The number of carbonyl (C=O) groups excluding carboxylic acids is 1. The Morgan fingerprint density at radius 3 is 2.17 bits per heavy atom. The fraction of sp³-hybridized carbons (Fsp3) is 0.154. The smallest absolute Gasteiger partial charge is 0.323 e. The maximum atomic E-state index is 13.8. The van der Waals surface area contributed by atoms with E-state index >= 15 is 0 Å². The maximum absolute atomic E-state index is 13.8. The molecule has 4 aromatic rings. The average Bonchev–Trinajstić information content (AvgIpc) is 2.84. The van der Waals surface area contributed by atoms with Crippen LogP contribution in [0, 0.1) is 11.6 Å². The third-order valence-corrected chi connectivity index (χ3v) is 5.66. The Labute approximate surface area is 211 Å². The van der Waals surface area contributed by atoms with Crippen molar-refractivity contribution in [2.45, 2.75) is 0 Å². The number of hydrogen-bond acceptors (Lipinski definition) is 3. The lowest BCUT2D eigenvalue weighted by atomic mass is 10.1. The lowest BCUT2D eigenvalue weighted by Crippen LogP contribution is -2.27. The van der Waals surface area contributed by atoms with Gasteiger partial charge in [0.05, 0.1) is 16.9 Å². The molecule has 0 spiro atoms. The molecular weight excluding hydrogens is 493 g/mol. The highest BCUT2D eigenvalue weighted by atomic mass is 35.5. The van der Waals surface area contributed by atoms with Gasteiger partial charge in [-0.2, -0.15) is 0 Å². The molecule has 0 aliphatic heterocycles. The molecule has 0 fully saturated rings. The second-order valence-electron chi connectivity index (χ2n) is 7.72. The number of anilines is 3. The van der Waals surface area contributed by atoms with E-state index in [4.69, 9.17) is 23.2 Å². The van der Waals surface area contributed by atoms with E-state index in [1.807, 2.05) is 24.3 Å². The van der Waals surface area contributed by atoms with Gasteiger partial charge in [-0.1, -0.05) is 18.2 Å². The number of hydrogen-bond donors (Lipinski definition) is 2. The SMILES string of the molecule is O=C(Nc1ccc(N(CCCl)CCCl)cc1)Nc1cc(-c2cc(F)cc(F)c2)nc2ccccc12. The van der Waals surface area contributed by atoms with Crippen molar-refractivity contribution in [1.29, 1.82) is 0 Å². The topological polar surface area (TPSA) is 57.3 Å². The molecule has 5 nitrogen and oxygen atoms in total. The third kappa shape index (κ3) is 6.18. The van der Waals surface area contributed by atoms with Crippen LogP contribution in [0.2, 0.25) is 0 Å². The van der Waals surface area contributed by atoms with Crippen LogP contribution < -0.4 is 15.5 Å². The van der Waals surface area contributed by atoms with Gasteiger partial charge < -0.3 is 15.5 Å². The highest BCUT2D eigenvalue weighted by Gasteiger charge is 2.13. The minimum Gasteiger partial charge on any atom is -0.369 e. The number of carbonyl (C=O) groups is 1. The van der Waals surface area contributed by atoms with Gasteiger partial charge in [0.1, 0.15) is 11.6 Å². The average molecular weight is 515 g/mol. The molecule has 4 rings (SSSR count). The third-order valence-electron chi connectivity index (χ3n) is 5.32. The van der Waals surface area contributed by atoms with Gasteiger partial charge in [-0.3, -0.25) is 0 Å². The summed E-state index contributed by atoms with van der Waals surface area (Å²) in [7, 11) is 0. The molecule has 0 unspecified atom stereocenters. The number of para-hydroxylation sites is 1. The molecular formula is C26H22Cl2F2N4O. The van der Waals surface area contributed by atoms with Crippen molar-refractivity contribution >= 4 is 57.2 Å². The van der Waals surface area contributed by atoms with Crippen LogP contribution in [-0.2, 0) is 0 Å². The Kier molecular flexibility index (Phi) is 8.00. The Balaban J connectivity index is 1.56. The molecule has 0 saturated heterocycles. The number of nitrogens with one attached hydrogen (secondary N) is 2. The zero-order valence-electron chi connectivity index (χ0n) is 18.6. The molecule has 9 heteroatoms. The lowest BCUT2D eigenvalue weighted by Gasteiger charge is -2.23. The first kappa shape index (κ1) is 24.7. The molecule has 0 bridgehead atoms. The van der Waals surface area contributed by atoms with Crippen LogP contribution in [0.5, 0.6) is 0 Å². The summed E-state index contributed by atoms with van der Waals surface area (Å²) in [5.74, 6) is -0.463. The van der Waals surface area contributed by atoms with Gasteiger partial charge in [0.2, 0.25) is 0 Å². The van der Waals surface area contributed by atoms with Crippen molar-refractivity contribution in [2.75, 3.05) is 40.4 Å². The molecule has 0 saturated carbocycles. The maximum Gasteiger partial charge on any atom is 0.323 e. The van der Waals surface area contributed by atoms with Crippen LogP contribution in [0.4, 0.5) is 30.6 Å². The first-order valence-electron chi connectivity index (χ1n) is 10.9. The number of amides is 2. The van der Waals surface area contributed by atoms with Gasteiger partial charge in [-0.15, -0.1) is 23.2 Å². The normalized spacial score (nSPS) is 10.9. The fourth-order valence-electron chi connectivity index (χ4n) is 3.74. The Bertz CT molecular complexity index is 1310. The van der Waals surface area contributed by atoms with Gasteiger partial charge in [0.15, 0.2) is 0 Å². The number of urea groups is 1. The van der Waals surface area contributed by atoms with E-state index in [1.54, 1.807) is 30.3 Å². The molecule has 2 N–H and O–H groups in total. The number of aromatic nitrogens is 1. The summed E-state index contributed by atoms with van der Waals surface area (Å²) in [5, 5.41) is 6.32. The number of nitrogens with zero attached hydrogens (tertiary/aromatic N) is 2. The summed E-state index contributed by atoms with van der Waals surface area (Å²) in [6, 6.07) is 18.9. The number of rotatable bonds is 8. The zero-order valence-corrected chi connectivity index (χ0v) is 20.1. The minimum atomic E-state index is -0.707. The second-order valence-corrected chi connectivity index (χ2v) is 8.48. The van der Waals surface area contributed by atoms with E-state index < -0.39 is 17.7 Å². The molecule has 3 aromatic carbocycles. The van der Waals surface area contributed by atoms with Crippen molar-refractivity contribution in [2.24, 2.45) is 0 Å². The molecule has 35 heavy (non-hydrogen) atoms. The van der Waals surface area contributed by atoms with Gasteiger partial charge >= 0.3 is 6.03 Å². The highest BCUT2D eigenvalue weighted by Crippen LogP contribution is 2.29. The second kappa shape index (κ2) is 11.3. The Hall–Kier alpha value is -3.42. The summed E-state index contributed by atoms with van der Waals surface area (Å²) >= 11 is 11.7.